The fourth-order valence-corrected chi connectivity index (χ4v) is 1.82. The summed E-state index contributed by atoms with van der Waals surface area (Å²) in [7, 11) is 0. The largest absolute Gasteiger partial charge is 0.484 e. The van der Waals surface area contributed by atoms with E-state index < -0.39 is 4.92 Å². The van der Waals surface area contributed by atoms with Gasteiger partial charge < -0.3 is 4.74 Å². The predicted octanol–water partition coefficient (Wildman–Crippen LogP) is 3.01. The van der Waals surface area contributed by atoms with Crippen molar-refractivity contribution in [1.29, 1.82) is 0 Å². The maximum atomic E-state index is 11.9. The first-order valence-corrected chi connectivity index (χ1v) is 6.36. The van der Waals surface area contributed by atoms with Crippen molar-refractivity contribution in [2.75, 3.05) is 6.61 Å². The second kappa shape index (κ2) is 6.25. The summed E-state index contributed by atoms with van der Waals surface area (Å²) in [4.78, 5) is 25.8. The first kappa shape index (κ1) is 14.1. The molecule has 0 bridgehead atoms. The van der Waals surface area contributed by atoms with Crippen LogP contribution in [0.2, 0.25) is 0 Å². The standard InChI is InChI=1S/C13H9BrN2O4/c14-10-5-12(7-15-6-10)20-8-13(17)9-1-3-11(4-2-9)16(18)19/h1-7H,8H2. The van der Waals surface area contributed by atoms with Gasteiger partial charge in [-0.1, -0.05) is 0 Å². The number of halogens is 1. The SMILES string of the molecule is O=C(COc1cncc(Br)c1)c1ccc([N+](=O)[O-])cc1. The van der Waals surface area contributed by atoms with Crippen LogP contribution < -0.4 is 4.74 Å². The average Bonchev–Trinajstić information content (AvgIpc) is 2.45. The van der Waals surface area contributed by atoms with E-state index in [9.17, 15) is 14.9 Å². The summed E-state index contributed by atoms with van der Waals surface area (Å²) in [5.74, 6) is 0.203. The van der Waals surface area contributed by atoms with Crippen molar-refractivity contribution >= 4 is 27.4 Å². The molecular formula is C13H9BrN2O4. The molecule has 1 aromatic heterocycles. The van der Waals surface area contributed by atoms with Crippen LogP contribution in [0, 0.1) is 10.1 Å². The van der Waals surface area contributed by atoms with Crippen molar-refractivity contribution in [3.8, 4) is 5.75 Å². The monoisotopic (exact) mass is 336 g/mol. The number of carbonyl (C=O) groups is 1. The van der Waals surface area contributed by atoms with Gasteiger partial charge in [0, 0.05) is 28.4 Å². The molecule has 2 aromatic rings. The van der Waals surface area contributed by atoms with E-state index in [2.05, 4.69) is 20.9 Å². The van der Waals surface area contributed by atoms with Gasteiger partial charge in [0.05, 0.1) is 11.1 Å². The molecule has 0 fully saturated rings. The minimum Gasteiger partial charge on any atom is -0.484 e. The van der Waals surface area contributed by atoms with Gasteiger partial charge in [0.1, 0.15) is 5.75 Å². The summed E-state index contributed by atoms with van der Waals surface area (Å²) in [5, 5.41) is 10.5. The Morgan fingerprint density at radius 3 is 2.60 bits per heavy atom. The summed E-state index contributed by atoms with van der Waals surface area (Å²) < 4.78 is 6.05. The number of hydrogen-bond acceptors (Lipinski definition) is 5. The van der Waals surface area contributed by atoms with Crippen LogP contribution in [0.4, 0.5) is 5.69 Å². The molecule has 0 aliphatic rings. The second-order valence-corrected chi connectivity index (χ2v) is 4.77. The van der Waals surface area contributed by atoms with Crippen molar-refractivity contribution in [1.82, 2.24) is 4.98 Å². The third-order valence-electron chi connectivity index (χ3n) is 2.45. The van der Waals surface area contributed by atoms with E-state index in [1.54, 1.807) is 12.3 Å². The summed E-state index contributed by atoms with van der Waals surface area (Å²) >= 11 is 3.24. The quantitative estimate of drug-likeness (QED) is 0.476. The van der Waals surface area contributed by atoms with Gasteiger partial charge in [-0.15, -0.1) is 0 Å². The minimum absolute atomic E-state index is 0.0568. The fourth-order valence-electron chi connectivity index (χ4n) is 1.47. The zero-order chi connectivity index (χ0) is 14.5. The Bertz CT molecular complexity index is 643. The highest BCUT2D eigenvalue weighted by Gasteiger charge is 2.10. The maximum Gasteiger partial charge on any atom is 0.269 e. The van der Waals surface area contributed by atoms with Gasteiger partial charge in [-0.05, 0) is 34.1 Å². The molecule has 1 heterocycles. The van der Waals surface area contributed by atoms with Crippen molar-refractivity contribution in [2.24, 2.45) is 0 Å². The lowest BCUT2D eigenvalue weighted by atomic mass is 10.1. The van der Waals surface area contributed by atoms with Crippen LogP contribution in [0.3, 0.4) is 0 Å². The molecular weight excluding hydrogens is 328 g/mol. The molecule has 0 saturated heterocycles. The normalized spacial score (nSPS) is 10.1. The van der Waals surface area contributed by atoms with E-state index >= 15 is 0 Å². The summed E-state index contributed by atoms with van der Waals surface area (Å²) in [6, 6.07) is 7.07. The third kappa shape index (κ3) is 3.61. The smallest absolute Gasteiger partial charge is 0.269 e. The maximum absolute atomic E-state index is 11.9. The molecule has 20 heavy (non-hydrogen) atoms. The number of pyridine rings is 1. The number of ether oxygens (including phenoxy) is 1. The van der Waals surface area contributed by atoms with Gasteiger partial charge >= 0.3 is 0 Å². The third-order valence-corrected chi connectivity index (χ3v) is 2.88. The number of carbonyl (C=O) groups excluding carboxylic acids is 1. The zero-order valence-corrected chi connectivity index (χ0v) is 11.7. The highest BCUT2D eigenvalue weighted by atomic mass is 79.9. The van der Waals surface area contributed by atoms with Crippen molar-refractivity contribution < 1.29 is 14.5 Å². The van der Waals surface area contributed by atoms with Gasteiger partial charge in [-0.2, -0.15) is 0 Å². The molecule has 0 N–H and O–H groups in total. The van der Waals surface area contributed by atoms with E-state index in [0.29, 0.717) is 11.3 Å². The van der Waals surface area contributed by atoms with Crippen molar-refractivity contribution in [3.63, 3.8) is 0 Å². The second-order valence-electron chi connectivity index (χ2n) is 3.85. The lowest BCUT2D eigenvalue weighted by Crippen LogP contribution is -2.11. The number of nitrogens with zero attached hydrogens (tertiary/aromatic N) is 2. The number of Topliss-reactive ketones (excluding diaryl/α,β-unsaturated/α-hetero) is 1. The Hall–Kier alpha value is -2.28. The van der Waals surface area contributed by atoms with Crippen LogP contribution in [0.1, 0.15) is 10.4 Å². The number of aromatic nitrogens is 1. The van der Waals surface area contributed by atoms with E-state index in [1.165, 1.54) is 30.5 Å². The number of nitro benzene ring substituents is 1. The van der Waals surface area contributed by atoms with Crippen molar-refractivity contribution in [2.45, 2.75) is 0 Å². The average molecular weight is 337 g/mol. The first-order chi connectivity index (χ1) is 9.56. The Morgan fingerprint density at radius 1 is 1.30 bits per heavy atom. The molecule has 6 nitrogen and oxygen atoms in total. The number of hydrogen-bond donors (Lipinski definition) is 0. The van der Waals surface area contributed by atoms with Gasteiger partial charge in [0.15, 0.2) is 12.4 Å². The van der Waals surface area contributed by atoms with Crippen molar-refractivity contribution in [3.05, 3.63) is 62.9 Å². The van der Waals surface area contributed by atoms with E-state index in [0.717, 1.165) is 4.47 Å². The topological polar surface area (TPSA) is 82.3 Å². The predicted molar refractivity (Wildman–Crippen MR) is 74.9 cm³/mol. The zero-order valence-electron chi connectivity index (χ0n) is 10.2. The van der Waals surface area contributed by atoms with E-state index in [4.69, 9.17) is 4.74 Å². The van der Waals surface area contributed by atoms with Gasteiger partial charge in [0.2, 0.25) is 0 Å². The van der Waals surface area contributed by atoms with Crippen LogP contribution >= 0.6 is 15.9 Å². The Kier molecular flexibility index (Phi) is 4.41. The molecule has 2 rings (SSSR count). The lowest BCUT2D eigenvalue weighted by molar-refractivity contribution is -0.384. The highest BCUT2D eigenvalue weighted by molar-refractivity contribution is 9.10. The Morgan fingerprint density at radius 2 is 2.00 bits per heavy atom. The number of benzene rings is 1. The molecule has 0 unspecified atom stereocenters. The van der Waals surface area contributed by atoms with Gasteiger partial charge in [-0.25, -0.2) is 0 Å². The molecule has 0 aliphatic heterocycles. The van der Waals surface area contributed by atoms with Crippen LogP contribution in [-0.2, 0) is 0 Å². The van der Waals surface area contributed by atoms with E-state index in [-0.39, 0.29) is 18.1 Å². The van der Waals surface area contributed by atoms with Crippen LogP contribution in [0.15, 0.2) is 47.2 Å². The number of ketones is 1. The molecule has 102 valence electrons. The lowest BCUT2D eigenvalue weighted by Gasteiger charge is -2.05. The molecule has 7 heteroatoms. The molecule has 0 saturated carbocycles. The molecule has 1 aromatic carbocycles. The van der Waals surface area contributed by atoms with Crippen LogP contribution in [-0.4, -0.2) is 22.3 Å². The molecule has 0 radical (unpaired) electrons. The first-order valence-electron chi connectivity index (χ1n) is 5.57. The number of nitro groups is 1. The summed E-state index contributed by atoms with van der Waals surface area (Å²) in [6.07, 6.45) is 3.10. The molecule has 0 amide bonds. The molecule has 0 atom stereocenters. The number of non-ortho nitro benzene ring substituents is 1. The minimum atomic E-state index is -0.516. The highest BCUT2D eigenvalue weighted by Crippen LogP contribution is 2.17. The Balaban J connectivity index is 1.99. The summed E-state index contributed by atoms with van der Waals surface area (Å²) in [6.45, 7) is -0.157. The number of rotatable bonds is 5. The van der Waals surface area contributed by atoms with Crippen LogP contribution in [0.5, 0.6) is 5.75 Å². The summed E-state index contributed by atoms with van der Waals surface area (Å²) in [5.41, 5.74) is 0.303. The fraction of sp³-hybridized carbons (Fsp3) is 0.0769. The van der Waals surface area contributed by atoms with E-state index in [1.807, 2.05) is 0 Å². The Labute approximate surface area is 122 Å². The molecule has 0 aliphatic carbocycles. The van der Waals surface area contributed by atoms with Gasteiger partial charge in [-0.3, -0.25) is 19.9 Å². The van der Waals surface area contributed by atoms with Gasteiger partial charge in [0.25, 0.3) is 5.69 Å². The molecule has 0 spiro atoms. The van der Waals surface area contributed by atoms with Crippen LogP contribution in [0.25, 0.3) is 0 Å².